The lowest BCUT2D eigenvalue weighted by Crippen LogP contribution is -2.45. The predicted octanol–water partition coefficient (Wildman–Crippen LogP) is 3.26. The van der Waals surface area contributed by atoms with Gasteiger partial charge in [-0.1, -0.05) is 49.4 Å². The molecular weight excluding hydrogens is 360 g/mol. The third-order valence-electron chi connectivity index (χ3n) is 6.15. The number of benzene rings is 1. The molecule has 1 aliphatic carbocycles. The predicted molar refractivity (Wildman–Crippen MR) is 119 cm³/mol. The van der Waals surface area contributed by atoms with Crippen molar-refractivity contribution < 1.29 is 0 Å². The summed E-state index contributed by atoms with van der Waals surface area (Å²) in [5.74, 6) is 0. The van der Waals surface area contributed by atoms with Gasteiger partial charge in [0.25, 0.3) is 5.56 Å². The van der Waals surface area contributed by atoms with Gasteiger partial charge in [-0.3, -0.25) is 19.3 Å². The summed E-state index contributed by atoms with van der Waals surface area (Å²) in [6, 6.07) is 10.7. The summed E-state index contributed by atoms with van der Waals surface area (Å²) >= 11 is 0. The number of hydrogen-bond donors (Lipinski definition) is 0. The minimum atomic E-state index is 0.144. The normalized spacial score (nSPS) is 18.2. The molecule has 2 heterocycles. The minimum Gasteiger partial charge on any atom is -0.297 e. The Kier molecular flexibility index (Phi) is 6.16. The van der Waals surface area contributed by atoms with Crippen molar-refractivity contribution in [2.24, 2.45) is 7.05 Å². The van der Waals surface area contributed by atoms with Crippen LogP contribution in [0.2, 0.25) is 0 Å². The fourth-order valence-electron chi connectivity index (χ4n) is 4.46. The molecule has 0 atom stereocenters. The lowest BCUT2D eigenvalue weighted by atomic mass is 10.1. The Morgan fingerprint density at radius 1 is 0.931 bits per heavy atom. The van der Waals surface area contributed by atoms with Crippen LogP contribution in [0, 0.1) is 0 Å². The van der Waals surface area contributed by atoms with Crippen LogP contribution in [-0.4, -0.2) is 45.3 Å². The maximum Gasteiger partial charge on any atom is 0.274 e. The van der Waals surface area contributed by atoms with E-state index in [4.69, 9.17) is 0 Å². The van der Waals surface area contributed by atoms with E-state index in [1.165, 1.54) is 5.56 Å². The van der Waals surface area contributed by atoms with Crippen molar-refractivity contribution >= 4 is 5.70 Å². The van der Waals surface area contributed by atoms with Crippen molar-refractivity contribution in [1.29, 1.82) is 0 Å². The van der Waals surface area contributed by atoms with Crippen molar-refractivity contribution in [3.8, 4) is 0 Å². The molecular formula is C24H32N4O. The maximum atomic E-state index is 13.1. The summed E-state index contributed by atoms with van der Waals surface area (Å²) < 4.78 is 3.94. The molecule has 0 bridgehead atoms. The van der Waals surface area contributed by atoms with Crippen LogP contribution in [0.15, 0.2) is 53.4 Å². The zero-order chi connectivity index (χ0) is 20.2. The molecule has 1 fully saturated rings. The van der Waals surface area contributed by atoms with Crippen LogP contribution in [0.5, 0.6) is 0 Å². The van der Waals surface area contributed by atoms with Gasteiger partial charge >= 0.3 is 0 Å². The van der Waals surface area contributed by atoms with Crippen LogP contribution >= 0.6 is 0 Å². The van der Waals surface area contributed by atoms with Gasteiger partial charge < -0.3 is 0 Å². The Morgan fingerprint density at radius 3 is 2.24 bits per heavy atom. The standard InChI is InChI=1S/C24H32N4O/c1-3-22-23(25(2)28(24(22)29)21-12-8-5-9-13-21)19-27-16-14-26(15-17-27)18-20-10-6-4-7-11-20/h4,6-8,10-13H,3,5,9,14-19H2,1-2H3. The number of nitrogens with zero attached hydrogens (tertiary/aromatic N) is 4. The van der Waals surface area contributed by atoms with Crippen LogP contribution in [-0.2, 0) is 26.6 Å². The highest BCUT2D eigenvalue weighted by Gasteiger charge is 2.23. The molecule has 154 valence electrons. The van der Waals surface area contributed by atoms with Crippen LogP contribution in [0.3, 0.4) is 0 Å². The highest BCUT2D eigenvalue weighted by Crippen LogP contribution is 2.18. The SMILES string of the molecule is CCc1c(CN2CCN(Cc3ccccc3)CC2)n(C)n(C2=CCCC=C2)c1=O. The van der Waals surface area contributed by atoms with E-state index in [9.17, 15) is 4.79 Å². The monoisotopic (exact) mass is 392 g/mol. The van der Waals surface area contributed by atoms with Crippen molar-refractivity contribution in [1.82, 2.24) is 19.2 Å². The van der Waals surface area contributed by atoms with Crippen molar-refractivity contribution in [3.05, 3.63) is 75.7 Å². The van der Waals surface area contributed by atoms with Crippen LogP contribution in [0.25, 0.3) is 5.70 Å². The molecule has 5 nitrogen and oxygen atoms in total. The van der Waals surface area contributed by atoms with Crippen molar-refractivity contribution in [2.75, 3.05) is 26.2 Å². The smallest absolute Gasteiger partial charge is 0.274 e. The first-order chi connectivity index (χ1) is 14.2. The van der Waals surface area contributed by atoms with Gasteiger partial charge in [-0.05, 0) is 30.9 Å². The molecule has 0 amide bonds. The molecule has 0 spiro atoms. The third kappa shape index (κ3) is 4.31. The number of aromatic nitrogens is 2. The zero-order valence-electron chi connectivity index (χ0n) is 17.7. The second-order valence-corrected chi connectivity index (χ2v) is 8.07. The average Bonchev–Trinajstić information content (AvgIpc) is 2.99. The molecule has 1 aromatic heterocycles. The first-order valence-electron chi connectivity index (χ1n) is 10.8. The van der Waals surface area contributed by atoms with Gasteiger partial charge in [-0.2, -0.15) is 0 Å². The van der Waals surface area contributed by atoms with Crippen molar-refractivity contribution in [2.45, 2.75) is 39.3 Å². The first-order valence-corrected chi connectivity index (χ1v) is 10.8. The molecule has 1 aromatic carbocycles. The van der Waals surface area contributed by atoms with Gasteiger partial charge in [0.1, 0.15) is 0 Å². The third-order valence-corrected chi connectivity index (χ3v) is 6.15. The molecule has 0 saturated carbocycles. The zero-order valence-corrected chi connectivity index (χ0v) is 17.7. The molecule has 0 unspecified atom stereocenters. The first kappa shape index (κ1) is 19.9. The topological polar surface area (TPSA) is 33.4 Å². The highest BCUT2D eigenvalue weighted by atomic mass is 16.1. The van der Waals surface area contributed by atoms with E-state index < -0.39 is 0 Å². The summed E-state index contributed by atoms with van der Waals surface area (Å²) in [5, 5.41) is 0. The lowest BCUT2D eigenvalue weighted by Gasteiger charge is -2.35. The van der Waals surface area contributed by atoms with E-state index in [2.05, 4.69) is 70.0 Å². The molecule has 2 aromatic rings. The Morgan fingerprint density at radius 2 is 1.62 bits per heavy atom. The van der Waals surface area contributed by atoms with Crippen LogP contribution in [0.4, 0.5) is 0 Å². The fraction of sp³-hybridized carbons (Fsp3) is 0.458. The van der Waals surface area contributed by atoms with E-state index in [1.54, 1.807) is 0 Å². The van der Waals surface area contributed by atoms with Crippen molar-refractivity contribution in [3.63, 3.8) is 0 Å². The number of piperazine rings is 1. The quantitative estimate of drug-likeness (QED) is 0.757. The van der Waals surface area contributed by atoms with E-state index in [0.29, 0.717) is 0 Å². The van der Waals surface area contributed by atoms with Gasteiger partial charge in [0.15, 0.2) is 0 Å². The van der Waals surface area contributed by atoms with Gasteiger partial charge in [-0.25, -0.2) is 4.68 Å². The molecule has 29 heavy (non-hydrogen) atoms. The Bertz CT molecular complexity index is 943. The van der Waals surface area contributed by atoms with E-state index in [1.807, 2.05) is 11.7 Å². The van der Waals surface area contributed by atoms with Gasteiger partial charge in [0.05, 0.1) is 11.4 Å². The summed E-state index contributed by atoms with van der Waals surface area (Å²) in [7, 11) is 2.03. The van der Waals surface area contributed by atoms with Crippen LogP contribution < -0.4 is 5.56 Å². The number of rotatable bonds is 6. The van der Waals surface area contributed by atoms with Crippen LogP contribution in [0.1, 0.15) is 36.6 Å². The van der Waals surface area contributed by atoms with Gasteiger partial charge in [0, 0.05) is 51.9 Å². The Labute approximate surface area is 173 Å². The average molecular weight is 393 g/mol. The molecule has 4 rings (SSSR count). The molecule has 1 aliphatic heterocycles. The Hall–Kier alpha value is -2.37. The van der Waals surface area contributed by atoms with E-state index in [0.717, 1.165) is 75.5 Å². The fourth-order valence-corrected chi connectivity index (χ4v) is 4.46. The lowest BCUT2D eigenvalue weighted by molar-refractivity contribution is 0.119. The summed E-state index contributed by atoms with van der Waals surface area (Å²) in [4.78, 5) is 18.1. The molecule has 1 saturated heterocycles. The molecule has 0 N–H and O–H groups in total. The minimum absolute atomic E-state index is 0.144. The second-order valence-electron chi connectivity index (χ2n) is 8.07. The van der Waals surface area contributed by atoms with Gasteiger partial charge in [0.2, 0.25) is 0 Å². The summed E-state index contributed by atoms with van der Waals surface area (Å²) in [5.41, 5.74) is 4.65. The van der Waals surface area contributed by atoms with E-state index in [-0.39, 0.29) is 5.56 Å². The summed E-state index contributed by atoms with van der Waals surface area (Å²) in [6.07, 6.45) is 9.25. The number of hydrogen-bond acceptors (Lipinski definition) is 3. The molecule has 5 heteroatoms. The van der Waals surface area contributed by atoms with Gasteiger partial charge in [-0.15, -0.1) is 0 Å². The summed E-state index contributed by atoms with van der Waals surface area (Å²) in [6.45, 7) is 8.17. The molecule has 0 radical (unpaired) electrons. The van der Waals surface area contributed by atoms with E-state index >= 15 is 0 Å². The maximum absolute atomic E-state index is 13.1. The number of allylic oxidation sites excluding steroid dienone is 4. The Balaban J connectivity index is 1.45. The second kappa shape index (κ2) is 8.97. The largest absolute Gasteiger partial charge is 0.297 e. The molecule has 2 aliphatic rings. The highest BCUT2D eigenvalue weighted by molar-refractivity contribution is 5.58.